The van der Waals surface area contributed by atoms with Gasteiger partial charge in [0.25, 0.3) is 0 Å². The Balaban J connectivity index is 2.14. The Morgan fingerprint density at radius 2 is 1.31 bits per heavy atom. The zero-order chi connectivity index (χ0) is 12.0. The number of hydrogen-bond donors (Lipinski definition) is 0. The molecule has 0 spiro atoms. The first-order chi connectivity index (χ1) is 7.27. The summed E-state index contributed by atoms with van der Waals surface area (Å²) in [6.07, 6.45) is 6.97. The molecule has 0 aromatic carbocycles. The van der Waals surface area contributed by atoms with Crippen LogP contribution in [-0.2, 0) is 0 Å². The summed E-state index contributed by atoms with van der Waals surface area (Å²) in [6.45, 7) is 15.0. The Bertz CT molecular complexity index is 261. The van der Waals surface area contributed by atoms with Gasteiger partial charge in [-0.05, 0) is 62.9 Å². The molecule has 0 N–H and O–H groups in total. The molecule has 1 heteroatoms. The van der Waals surface area contributed by atoms with Crippen molar-refractivity contribution >= 4 is 0 Å². The maximum Gasteiger partial charge on any atom is 0.0186 e. The SMILES string of the molecule is CC1(N2CCCC2)CCC(C)(C)C(C)(C)C1. The summed E-state index contributed by atoms with van der Waals surface area (Å²) >= 11 is 0. The Kier molecular flexibility index (Phi) is 2.89. The molecule has 0 amide bonds. The molecular weight excluding hydrogens is 194 g/mol. The van der Waals surface area contributed by atoms with Crippen LogP contribution in [0.4, 0.5) is 0 Å². The standard InChI is InChI=1S/C15H29N/c1-13(2)8-9-15(5,12-14(13,3)4)16-10-6-7-11-16/h6-12H2,1-5H3. The molecule has 1 unspecified atom stereocenters. The van der Waals surface area contributed by atoms with Gasteiger partial charge >= 0.3 is 0 Å². The predicted molar refractivity (Wildman–Crippen MR) is 70.6 cm³/mol. The molecule has 0 aromatic heterocycles. The highest BCUT2D eigenvalue weighted by atomic mass is 15.2. The summed E-state index contributed by atoms with van der Waals surface area (Å²) < 4.78 is 0. The largest absolute Gasteiger partial charge is 0.298 e. The number of likely N-dealkylation sites (tertiary alicyclic amines) is 1. The van der Waals surface area contributed by atoms with E-state index in [9.17, 15) is 0 Å². The maximum absolute atomic E-state index is 2.77. The molecule has 1 saturated carbocycles. The van der Waals surface area contributed by atoms with E-state index in [1.165, 1.54) is 45.2 Å². The lowest BCUT2D eigenvalue weighted by Crippen LogP contribution is -2.54. The zero-order valence-electron chi connectivity index (χ0n) is 11.9. The third kappa shape index (κ3) is 1.92. The van der Waals surface area contributed by atoms with Crippen molar-refractivity contribution in [1.29, 1.82) is 0 Å². The van der Waals surface area contributed by atoms with E-state index in [1.54, 1.807) is 0 Å². The van der Waals surface area contributed by atoms with E-state index in [0.29, 0.717) is 16.4 Å². The van der Waals surface area contributed by atoms with Crippen LogP contribution in [0, 0.1) is 10.8 Å². The van der Waals surface area contributed by atoms with Crippen LogP contribution in [0.5, 0.6) is 0 Å². The molecule has 94 valence electrons. The molecule has 1 saturated heterocycles. The molecule has 2 fully saturated rings. The molecule has 1 heterocycles. The zero-order valence-corrected chi connectivity index (χ0v) is 11.9. The molecular formula is C15H29N. The van der Waals surface area contributed by atoms with Gasteiger partial charge in [-0.1, -0.05) is 27.7 Å². The van der Waals surface area contributed by atoms with Gasteiger partial charge in [0.05, 0.1) is 0 Å². The molecule has 1 nitrogen and oxygen atoms in total. The smallest absolute Gasteiger partial charge is 0.0186 e. The van der Waals surface area contributed by atoms with Gasteiger partial charge in [-0.15, -0.1) is 0 Å². The second kappa shape index (κ2) is 3.73. The Labute approximate surface area is 102 Å². The lowest BCUT2D eigenvalue weighted by Gasteiger charge is -2.56. The molecule has 1 atom stereocenters. The lowest BCUT2D eigenvalue weighted by atomic mass is 9.55. The van der Waals surface area contributed by atoms with Crippen LogP contribution in [0.3, 0.4) is 0 Å². The minimum absolute atomic E-state index is 0.475. The summed E-state index contributed by atoms with van der Waals surface area (Å²) in [4.78, 5) is 2.77. The van der Waals surface area contributed by atoms with E-state index < -0.39 is 0 Å². The fourth-order valence-corrected chi connectivity index (χ4v) is 3.73. The first-order valence-corrected chi connectivity index (χ1v) is 7.02. The van der Waals surface area contributed by atoms with Crippen molar-refractivity contribution in [3.8, 4) is 0 Å². The summed E-state index contributed by atoms with van der Waals surface area (Å²) in [5.74, 6) is 0. The fourth-order valence-electron chi connectivity index (χ4n) is 3.73. The molecule has 0 radical (unpaired) electrons. The van der Waals surface area contributed by atoms with Crippen molar-refractivity contribution in [1.82, 2.24) is 4.90 Å². The summed E-state index contributed by atoms with van der Waals surface area (Å²) in [5, 5.41) is 0. The van der Waals surface area contributed by atoms with E-state index in [1.807, 2.05) is 0 Å². The van der Waals surface area contributed by atoms with E-state index in [-0.39, 0.29) is 0 Å². The van der Waals surface area contributed by atoms with Crippen molar-refractivity contribution in [3.63, 3.8) is 0 Å². The topological polar surface area (TPSA) is 3.24 Å². The maximum atomic E-state index is 2.77. The number of nitrogens with zero attached hydrogens (tertiary/aromatic N) is 1. The van der Waals surface area contributed by atoms with Crippen LogP contribution in [-0.4, -0.2) is 23.5 Å². The average Bonchev–Trinajstić information content (AvgIpc) is 2.65. The highest BCUT2D eigenvalue weighted by Crippen LogP contribution is 2.54. The van der Waals surface area contributed by atoms with E-state index >= 15 is 0 Å². The van der Waals surface area contributed by atoms with Gasteiger partial charge in [-0.3, -0.25) is 4.90 Å². The number of rotatable bonds is 1. The van der Waals surface area contributed by atoms with Crippen molar-refractivity contribution in [2.75, 3.05) is 13.1 Å². The van der Waals surface area contributed by atoms with Crippen LogP contribution in [0.1, 0.15) is 66.7 Å². The molecule has 16 heavy (non-hydrogen) atoms. The lowest BCUT2D eigenvalue weighted by molar-refractivity contribution is -0.0461. The van der Waals surface area contributed by atoms with Crippen LogP contribution in [0.2, 0.25) is 0 Å². The van der Waals surface area contributed by atoms with Crippen molar-refractivity contribution < 1.29 is 0 Å². The average molecular weight is 223 g/mol. The second-order valence-electron chi connectivity index (χ2n) is 7.64. The van der Waals surface area contributed by atoms with Crippen LogP contribution < -0.4 is 0 Å². The highest BCUT2D eigenvalue weighted by molar-refractivity contribution is 5.02. The van der Waals surface area contributed by atoms with E-state index in [0.717, 1.165) is 0 Å². The first kappa shape index (κ1) is 12.4. The van der Waals surface area contributed by atoms with Gasteiger partial charge in [0.15, 0.2) is 0 Å². The van der Waals surface area contributed by atoms with Gasteiger partial charge in [-0.25, -0.2) is 0 Å². The van der Waals surface area contributed by atoms with Gasteiger partial charge in [0.1, 0.15) is 0 Å². The normalized spacial score (nSPS) is 38.8. The molecule has 0 aromatic rings. The summed E-state index contributed by atoms with van der Waals surface area (Å²) in [7, 11) is 0. The Morgan fingerprint density at radius 3 is 1.81 bits per heavy atom. The summed E-state index contributed by atoms with van der Waals surface area (Å²) in [6, 6.07) is 0. The number of hydrogen-bond acceptors (Lipinski definition) is 1. The van der Waals surface area contributed by atoms with Crippen molar-refractivity contribution in [2.45, 2.75) is 72.3 Å². The minimum Gasteiger partial charge on any atom is -0.298 e. The van der Waals surface area contributed by atoms with Crippen molar-refractivity contribution in [3.05, 3.63) is 0 Å². The third-order valence-electron chi connectivity index (χ3n) is 5.81. The predicted octanol–water partition coefficient (Wildman–Crippen LogP) is 4.08. The van der Waals surface area contributed by atoms with Crippen molar-refractivity contribution in [2.24, 2.45) is 10.8 Å². The quantitative estimate of drug-likeness (QED) is 0.647. The van der Waals surface area contributed by atoms with Crippen LogP contribution >= 0.6 is 0 Å². The fraction of sp³-hybridized carbons (Fsp3) is 1.00. The van der Waals surface area contributed by atoms with Crippen LogP contribution in [0.15, 0.2) is 0 Å². The molecule has 0 bridgehead atoms. The van der Waals surface area contributed by atoms with E-state index in [2.05, 4.69) is 39.5 Å². The van der Waals surface area contributed by atoms with Gasteiger partial charge < -0.3 is 0 Å². The second-order valence-corrected chi connectivity index (χ2v) is 7.64. The molecule has 2 aliphatic rings. The van der Waals surface area contributed by atoms with E-state index in [4.69, 9.17) is 0 Å². The van der Waals surface area contributed by atoms with Crippen LogP contribution in [0.25, 0.3) is 0 Å². The third-order valence-corrected chi connectivity index (χ3v) is 5.81. The van der Waals surface area contributed by atoms with Gasteiger partial charge in [0, 0.05) is 5.54 Å². The first-order valence-electron chi connectivity index (χ1n) is 7.02. The Hall–Kier alpha value is -0.0400. The Morgan fingerprint density at radius 1 is 0.750 bits per heavy atom. The van der Waals surface area contributed by atoms with Gasteiger partial charge in [-0.2, -0.15) is 0 Å². The molecule has 2 rings (SSSR count). The molecule has 1 aliphatic carbocycles. The monoisotopic (exact) mass is 223 g/mol. The van der Waals surface area contributed by atoms with Gasteiger partial charge in [0.2, 0.25) is 0 Å². The summed E-state index contributed by atoms with van der Waals surface area (Å²) in [5.41, 5.74) is 1.46. The molecule has 1 aliphatic heterocycles. The minimum atomic E-state index is 0.475. The highest BCUT2D eigenvalue weighted by Gasteiger charge is 2.49.